The second-order valence-corrected chi connectivity index (χ2v) is 8.21. The Balaban J connectivity index is 4.04. The summed E-state index contributed by atoms with van der Waals surface area (Å²) in [6.45, 7) is 0. The highest BCUT2D eigenvalue weighted by Gasteiger charge is 2.38. The second kappa shape index (κ2) is 7.52. The predicted octanol–water partition coefficient (Wildman–Crippen LogP) is 0.378. The summed E-state index contributed by atoms with van der Waals surface area (Å²) >= 11 is 0. The molecular formula is C7H20O5Si2. The van der Waals surface area contributed by atoms with Gasteiger partial charge in [-0.05, 0) is 6.04 Å². The van der Waals surface area contributed by atoms with Gasteiger partial charge in [0, 0.05) is 41.6 Å². The van der Waals surface area contributed by atoms with Gasteiger partial charge < -0.3 is 22.1 Å². The average molecular weight is 240 g/mol. The maximum Gasteiger partial charge on any atom is 0.500 e. The van der Waals surface area contributed by atoms with Gasteiger partial charge in [0.2, 0.25) is 0 Å². The van der Waals surface area contributed by atoms with Crippen LogP contribution in [0.25, 0.3) is 0 Å². The highest BCUT2D eigenvalue weighted by atomic mass is 28.4. The van der Waals surface area contributed by atoms with Crippen LogP contribution >= 0.6 is 0 Å². The molecule has 5 nitrogen and oxygen atoms in total. The molecule has 0 radical (unpaired) electrons. The molecule has 0 rings (SSSR count). The minimum absolute atomic E-state index is 0.731. The fraction of sp³-hybridized carbons (Fsp3) is 1.00. The summed E-state index contributed by atoms with van der Waals surface area (Å²) < 4.78 is 26.2. The molecule has 0 aliphatic carbocycles. The fourth-order valence-corrected chi connectivity index (χ4v) is 5.32. The highest BCUT2D eigenvalue weighted by molar-refractivity contribution is 6.62. The summed E-state index contributed by atoms with van der Waals surface area (Å²) in [7, 11) is 4.17. The Morgan fingerprint density at radius 2 is 1.29 bits per heavy atom. The first-order valence-corrected chi connectivity index (χ1v) is 8.08. The van der Waals surface area contributed by atoms with Crippen molar-refractivity contribution in [1.82, 2.24) is 0 Å². The third-order valence-corrected chi connectivity index (χ3v) is 7.30. The summed E-state index contributed by atoms with van der Waals surface area (Å²) in [5, 5.41) is 0. The molecule has 0 aliphatic heterocycles. The van der Waals surface area contributed by atoms with Crippen LogP contribution in [-0.4, -0.2) is 53.6 Å². The predicted molar refractivity (Wildman–Crippen MR) is 57.6 cm³/mol. The van der Waals surface area contributed by atoms with Gasteiger partial charge in [-0.2, -0.15) is 0 Å². The first-order valence-electron chi connectivity index (χ1n) is 4.39. The molecule has 86 valence electrons. The van der Waals surface area contributed by atoms with Crippen molar-refractivity contribution in [3.8, 4) is 0 Å². The van der Waals surface area contributed by atoms with E-state index in [9.17, 15) is 0 Å². The molecule has 0 fully saturated rings. The minimum Gasteiger partial charge on any atom is -0.400 e. The average Bonchev–Trinajstić information content (AvgIpc) is 2.26. The monoisotopic (exact) mass is 240 g/mol. The van der Waals surface area contributed by atoms with Crippen LogP contribution in [0.15, 0.2) is 0 Å². The minimum atomic E-state index is -2.44. The van der Waals surface area contributed by atoms with E-state index in [0.29, 0.717) is 0 Å². The van der Waals surface area contributed by atoms with Gasteiger partial charge in [0.25, 0.3) is 0 Å². The number of hydrogen-bond acceptors (Lipinski definition) is 5. The van der Waals surface area contributed by atoms with Crippen molar-refractivity contribution in [1.29, 1.82) is 0 Å². The van der Waals surface area contributed by atoms with E-state index in [1.807, 2.05) is 0 Å². The number of rotatable bonds is 8. The van der Waals surface area contributed by atoms with Crippen molar-refractivity contribution in [3.05, 3.63) is 0 Å². The van der Waals surface area contributed by atoms with Gasteiger partial charge in [-0.3, -0.25) is 0 Å². The smallest absolute Gasteiger partial charge is 0.400 e. The molecule has 0 unspecified atom stereocenters. The molecule has 0 aliphatic rings. The van der Waals surface area contributed by atoms with E-state index < -0.39 is 18.1 Å². The van der Waals surface area contributed by atoms with Gasteiger partial charge >= 0.3 is 18.1 Å². The van der Waals surface area contributed by atoms with Gasteiger partial charge in [-0.1, -0.05) is 0 Å². The molecule has 0 amide bonds. The molecule has 0 N–H and O–H groups in total. The number of hydrogen-bond donors (Lipinski definition) is 0. The standard InChI is InChI=1S/C7H20O5Si2/c1-8-13(9-2)6-7-14(10-3,11-4)12-5/h13H,6-7H2,1-5H3. The Kier molecular flexibility index (Phi) is 7.64. The van der Waals surface area contributed by atoms with Gasteiger partial charge in [-0.15, -0.1) is 0 Å². The molecule has 0 saturated heterocycles. The largest absolute Gasteiger partial charge is 0.500 e. The van der Waals surface area contributed by atoms with Crippen LogP contribution < -0.4 is 0 Å². The van der Waals surface area contributed by atoms with Crippen LogP contribution in [0.4, 0.5) is 0 Å². The van der Waals surface area contributed by atoms with Gasteiger partial charge in [0.1, 0.15) is 0 Å². The quantitative estimate of drug-likeness (QED) is 0.574. The second-order valence-electron chi connectivity index (χ2n) is 2.74. The van der Waals surface area contributed by atoms with Crippen LogP contribution in [0.5, 0.6) is 0 Å². The Hall–Kier alpha value is 0.234. The zero-order valence-corrected chi connectivity index (χ0v) is 11.7. The maximum atomic E-state index is 5.28. The van der Waals surface area contributed by atoms with E-state index in [1.165, 1.54) is 0 Å². The van der Waals surface area contributed by atoms with Crippen LogP contribution in [-0.2, 0) is 22.1 Å². The molecule has 0 aromatic carbocycles. The zero-order chi connectivity index (χ0) is 11.0. The lowest BCUT2D eigenvalue weighted by Gasteiger charge is -2.25. The lowest BCUT2D eigenvalue weighted by Crippen LogP contribution is -2.43. The van der Waals surface area contributed by atoms with E-state index in [1.54, 1.807) is 35.5 Å². The van der Waals surface area contributed by atoms with Crippen molar-refractivity contribution in [2.45, 2.75) is 12.1 Å². The highest BCUT2D eigenvalue weighted by Crippen LogP contribution is 2.17. The summed E-state index contributed by atoms with van der Waals surface area (Å²) in [6.07, 6.45) is 0. The molecule has 0 aromatic heterocycles. The van der Waals surface area contributed by atoms with Crippen molar-refractivity contribution < 1.29 is 22.1 Å². The van der Waals surface area contributed by atoms with Crippen molar-refractivity contribution in [2.75, 3.05) is 35.5 Å². The van der Waals surface area contributed by atoms with Crippen LogP contribution in [0, 0.1) is 0 Å². The van der Waals surface area contributed by atoms with Crippen LogP contribution in [0.1, 0.15) is 0 Å². The van der Waals surface area contributed by atoms with Crippen LogP contribution in [0.2, 0.25) is 12.1 Å². The Labute approximate surface area is 88.5 Å². The molecular weight excluding hydrogens is 220 g/mol. The molecule has 0 spiro atoms. The Bertz CT molecular complexity index is 130. The third kappa shape index (κ3) is 4.17. The first-order chi connectivity index (χ1) is 6.67. The molecule has 0 saturated carbocycles. The molecule has 0 atom stereocenters. The van der Waals surface area contributed by atoms with Crippen molar-refractivity contribution in [3.63, 3.8) is 0 Å². The molecule has 0 aromatic rings. The lowest BCUT2D eigenvalue weighted by molar-refractivity contribution is 0.124. The summed E-state index contributed by atoms with van der Waals surface area (Å²) in [5.41, 5.74) is 0. The van der Waals surface area contributed by atoms with Gasteiger partial charge in [0.05, 0.1) is 0 Å². The van der Waals surface area contributed by atoms with Gasteiger partial charge in [0.15, 0.2) is 0 Å². The molecule has 7 heteroatoms. The summed E-state index contributed by atoms with van der Waals surface area (Å²) in [4.78, 5) is 0. The van der Waals surface area contributed by atoms with E-state index in [0.717, 1.165) is 12.1 Å². The SMILES string of the molecule is CO[SiH](CC[Si](OC)(OC)OC)OC. The normalized spacial score (nSPS) is 12.4. The summed E-state index contributed by atoms with van der Waals surface area (Å²) in [5.74, 6) is 0. The molecule has 0 bridgehead atoms. The molecule has 0 heterocycles. The van der Waals surface area contributed by atoms with Gasteiger partial charge in [-0.25, -0.2) is 0 Å². The van der Waals surface area contributed by atoms with E-state index >= 15 is 0 Å². The Morgan fingerprint density at radius 3 is 1.57 bits per heavy atom. The first kappa shape index (κ1) is 14.2. The van der Waals surface area contributed by atoms with E-state index in [4.69, 9.17) is 22.1 Å². The topological polar surface area (TPSA) is 46.2 Å². The fourth-order valence-electron chi connectivity index (χ4n) is 1.18. The van der Waals surface area contributed by atoms with Crippen molar-refractivity contribution >= 4 is 18.1 Å². The third-order valence-electron chi connectivity index (χ3n) is 2.15. The summed E-state index contributed by atoms with van der Waals surface area (Å²) in [6, 6.07) is 1.56. The van der Waals surface area contributed by atoms with E-state index in [-0.39, 0.29) is 0 Å². The zero-order valence-electron chi connectivity index (χ0n) is 9.53. The maximum absolute atomic E-state index is 5.28. The van der Waals surface area contributed by atoms with Crippen LogP contribution in [0.3, 0.4) is 0 Å². The van der Waals surface area contributed by atoms with Crippen molar-refractivity contribution in [2.24, 2.45) is 0 Å². The lowest BCUT2D eigenvalue weighted by atomic mass is 11.0. The van der Waals surface area contributed by atoms with E-state index in [2.05, 4.69) is 0 Å². The Morgan fingerprint density at radius 1 is 0.857 bits per heavy atom. The molecule has 14 heavy (non-hydrogen) atoms.